The molecule has 0 radical (unpaired) electrons. The summed E-state index contributed by atoms with van der Waals surface area (Å²) >= 11 is 1.40. The summed E-state index contributed by atoms with van der Waals surface area (Å²) in [7, 11) is 1.63. The Hall–Kier alpha value is -2.78. The van der Waals surface area contributed by atoms with Gasteiger partial charge < -0.3 is 52.5 Å². The third-order valence-corrected chi connectivity index (χ3v) is 20.5. The summed E-state index contributed by atoms with van der Waals surface area (Å²) in [5, 5.41) is 11.1. The van der Waals surface area contributed by atoms with Gasteiger partial charge in [-0.1, -0.05) is 20.1 Å². The van der Waals surface area contributed by atoms with E-state index in [1.54, 1.807) is 7.11 Å². The van der Waals surface area contributed by atoms with Crippen LogP contribution in [0.2, 0.25) is 0 Å². The fourth-order valence-electron chi connectivity index (χ4n) is 15.4. The van der Waals surface area contributed by atoms with Gasteiger partial charge in [-0.2, -0.15) is 11.8 Å². The lowest BCUT2D eigenvalue weighted by Crippen LogP contribution is -2.57. The summed E-state index contributed by atoms with van der Waals surface area (Å²) in [6.07, 6.45) is 10.4. The number of esters is 2. The van der Waals surface area contributed by atoms with E-state index in [1.807, 2.05) is 6.26 Å². The molecule has 18 heteroatoms. The molecule has 416 valence electrons. The van der Waals surface area contributed by atoms with Crippen LogP contribution in [0.5, 0.6) is 0 Å². The molecule has 1 spiro atoms. The number of hydrogen-bond acceptors (Lipinski definition) is 17. The summed E-state index contributed by atoms with van der Waals surface area (Å²) in [6.45, 7) is 11.0. The Morgan fingerprint density at radius 3 is 2.35 bits per heavy atom. The summed E-state index contributed by atoms with van der Waals surface area (Å²) in [4.78, 5) is 66.7. The number of ether oxygens (including phenoxy) is 10. The molecule has 2 saturated carbocycles. The van der Waals surface area contributed by atoms with Crippen molar-refractivity contribution < 1.29 is 76.4 Å². The second-order valence-electron chi connectivity index (χ2n) is 24.4. The number of nitrogens with zero attached hydrogens (tertiary/aromatic N) is 1. The Kier molecular flexibility index (Phi) is 16.4. The Morgan fingerprint density at radius 1 is 0.787 bits per heavy atom. The van der Waals surface area contributed by atoms with Crippen molar-refractivity contribution in [1.29, 1.82) is 0 Å². The smallest absolute Gasteiger partial charge is 0.311 e. The molecular weight excluding hydrogens is 987 g/mol. The second kappa shape index (κ2) is 22.8. The summed E-state index contributed by atoms with van der Waals surface area (Å²) in [6, 6.07) is 0. The molecule has 12 aliphatic rings. The van der Waals surface area contributed by atoms with E-state index in [2.05, 4.69) is 20.1 Å². The van der Waals surface area contributed by atoms with Gasteiger partial charge in [0.2, 0.25) is 18.6 Å². The maximum atomic E-state index is 14.5. The van der Waals surface area contributed by atoms with E-state index < -0.39 is 48.9 Å². The molecule has 12 fully saturated rings. The number of aliphatic hydroxyl groups excluding tert-OH is 1. The molecule has 75 heavy (non-hydrogen) atoms. The Morgan fingerprint density at radius 2 is 1.56 bits per heavy atom. The van der Waals surface area contributed by atoms with E-state index >= 15 is 0 Å². The van der Waals surface area contributed by atoms with Gasteiger partial charge in [0.25, 0.3) is 0 Å². The largest absolute Gasteiger partial charge is 0.428 e. The average Bonchev–Trinajstić information content (AvgIpc) is 4.15. The van der Waals surface area contributed by atoms with Gasteiger partial charge in [0, 0.05) is 76.9 Å². The number of aliphatic hydroxyl groups is 1. The van der Waals surface area contributed by atoms with Gasteiger partial charge in [-0.05, 0) is 119 Å². The molecule has 10 heterocycles. The number of ketones is 1. The van der Waals surface area contributed by atoms with Gasteiger partial charge in [-0.3, -0.25) is 28.9 Å². The first-order chi connectivity index (χ1) is 36.1. The number of thioether (sulfide) groups is 1. The van der Waals surface area contributed by atoms with Crippen molar-refractivity contribution in [3.05, 3.63) is 24.3 Å². The van der Waals surface area contributed by atoms with E-state index in [1.165, 1.54) is 16.7 Å². The summed E-state index contributed by atoms with van der Waals surface area (Å²) in [5.41, 5.74) is 2.13. The van der Waals surface area contributed by atoms with Crippen LogP contribution in [-0.2, 0) is 71.3 Å². The lowest BCUT2D eigenvalue weighted by Gasteiger charge is -2.47. The molecule has 10 saturated heterocycles. The van der Waals surface area contributed by atoms with E-state index in [0.29, 0.717) is 57.9 Å². The predicted octanol–water partition coefficient (Wildman–Crippen LogP) is 6.47. The van der Waals surface area contributed by atoms with Gasteiger partial charge in [0.15, 0.2) is 5.79 Å². The zero-order valence-corrected chi connectivity index (χ0v) is 45.0. The number of Topliss-reactive ketones (excluding diaryl/α,β-unsaturated/α-hetero) is 1. The van der Waals surface area contributed by atoms with Crippen LogP contribution in [0.25, 0.3) is 0 Å². The van der Waals surface area contributed by atoms with Gasteiger partial charge in [-0.25, -0.2) is 0 Å². The quantitative estimate of drug-likeness (QED) is 0.0964. The molecule has 2 aliphatic carbocycles. The number of likely N-dealkylation sites (tertiary alicyclic amines) is 1. The van der Waals surface area contributed by atoms with Crippen LogP contribution in [0.3, 0.4) is 0 Å². The topological polar surface area (TPSA) is 201 Å². The van der Waals surface area contributed by atoms with Gasteiger partial charge in [0.1, 0.15) is 24.1 Å². The third-order valence-electron chi connectivity index (χ3n) is 19.5. The van der Waals surface area contributed by atoms with Crippen molar-refractivity contribution >= 4 is 41.3 Å². The highest BCUT2D eigenvalue weighted by molar-refractivity contribution is 8.00. The molecule has 0 aromatic carbocycles. The molecule has 12 rings (SSSR count). The van der Waals surface area contributed by atoms with Crippen LogP contribution >= 0.6 is 11.8 Å². The maximum absolute atomic E-state index is 14.5. The molecule has 17 nitrogen and oxygen atoms in total. The van der Waals surface area contributed by atoms with Crippen LogP contribution in [-0.4, -0.2) is 163 Å². The Labute approximate surface area is 445 Å². The minimum atomic E-state index is -0.951. The van der Waals surface area contributed by atoms with Crippen LogP contribution in [0.1, 0.15) is 142 Å². The monoisotopic (exact) mass is 1070 g/mol. The number of carbonyl (C=O) groups excluding carboxylic acids is 5. The van der Waals surface area contributed by atoms with Gasteiger partial charge in [0.05, 0.1) is 78.3 Å². The SMILES string of the molecule is C=C1C[C@@H]2CC[C@@]34C[C@H]5O[C@@H]6[C@@H](O[C@H]7CC[C@H](CC(=O)C[C@@H]8[C@@H](OC)[C@@H](C[C@H](O)CCC(=O)OCOC(=O)C9CCC(CN%10C(=O)CC(SC)C%10=O)CC9)O[C@H]8C[C@H]8O[C@@H](CC[C@@H]1O2)C[C@@H](C)C8=C)C[C@@H]7[C@@H]6O3)[C@H]5O4. The molecule has 1 unspecified atom stereocenters. The van der Waals surface area contributed by atoms with Gasteiger partial charge >= 0.3 is 11.9 Å². The van der Waals surface area contributed by atoms with E-state index in [4.69, 9.17) is 47.4 Å². The van der Waals surface area contributed by atoms with Crippen LogP contribution in [0.15, 0.2) is 24.3 Å². The molecule has 10 aliphatic heterocycles. The number of rotatable bonds is 12. The first-order valence-electron chi connectivity index (χ1n) is 28.6. The third kappa shape index (κ3) is 11.4. The minimum absolute atomic E-state index is 0.0232. The number of amides is 2. The maximum Gasteiger partial charge on any atom is 0.311 e. The zero-order chi connectivity index (χ0) is 52.3. The number of hydrogen-bond donors (Lipinski definition) is 1. The number of carbonyl (C=O) groups is 5. The molecule has 12 bridgehead atoms. The van der Waals surface area contributed by atoms with E-state index in [0.717, 1.165) is 62.5 Å². The molecule has 1 N–H and O–H groups in total. The molecule has 20 atom stereocenters. The van der Waals surface area contributed by atoms with Crippen LogP contribution in [0, 0.1) is 35.5 Å². The van der Waals surface area contributed by atoms with Gasteiger partial charge in [-0.15, -0.1) is 0 Å². The number of imide groups is 1. The van der Waals surface area contributed by atoms with Crippen LogP contribution in [0.4, 0.5) is 0 Å². The van der Waals surface area contributed by atoms with Crippen LogP contribution < -0.4 is 0 Å². The standard InChI is InChI=1S/C57H81NO16S/c1-29-18-37-12-14-41-30(2)19-38(68-41)16-17-57-26-46-52(74-57)54-53(72-46)51(73-57)39-21-33(8-13-42(39)71-54)20-36(60)22-40-44(24-43(69-37)31(29)3)70-45(50(40)65-4)23-35(59)11-15-49(62)66-28-67-56(64)34-9-6-32(7-10-34)27-58-48(61)25-47(75-5)55(58)63/h29,32-35,37-47,50-54,59H,2-3,6-28H2,1,4-5H3/t29-,32?,33-,34?,35-,37+,38+,39+,40+,41+,42+,43-,44+,45-,46-,47?,50-,51+,52+,53+,54+,57-/m1/s1. The first-order valence-corrected chi connectivity index (χ1v) is 29.8. The normalized spacial score (nSPS) is 45.1. The molecule has 2 amide bonds. The van der Waals surface area contributed by atoms with Crippen molar-refractivity contribution in [2.45, 2.75) is 238 Å². The van der Waals surface area contributed by atoms with Crippen molar-refractivity contribution in [2.75, 3.05) is 26.7 Å². The fraction of sp³-hybridized carbons (Fsp3) is 0.842. The Bertz CT molecular complexity index is 2170. The molecule has 0 aromatic rings. The van der Waals surface area contributed by atoms with Crippen molar-refractivity contribution in [2.24, 2.45) is 35.5 Å². The lowest BCUT2D eigenvalue weighted by atomic mass is 9.71. The van der Waals surface area contributed by atoms with E-state index in [9.17, 15) is 29.1 Å². The van der Waals surface area contributed by atoms with Crippen molar-refractivity contribution in [3.63, 3.8) is 0 Å². The number of fused-ring (bicyclic) bond motifs is 6. The number of methoxy groups -OCH3 is 1. The highest BCUT2D eigenvalue weighted by Gasteiger charge is 2.68. The minimum Gasteiger partial charge on any atom is -0.428 e. The highest BCUT2D eigenvalue weighted by atomic mass is 32.2. The predicted molar refractivity (Wildman–Crippen MR) is 271 cm³/mol. The average molecular weight is 1070 g/mol. The molecule has 0 aromatic heterocycles. The molecular formula is C57H81NO16S. The summed E-state index contributed by atoms with van der Waals surface area (Å²) in [5.74, 6) is -2.02. The zero-order valence-electron chi connectivity index (χ0n) is 44.2. The fourth-order valence-corrected chi connectivity index (χ4v) is 16.1. The van der Waals surface area contributed by atoms with E-state index in [-0.39, 0.29) is 151 Å². The Balaban J connectivity index is 0.710. The first kappa shape index (κ1) is 54.2. The highest BCUT2D eigenvalue weighted by Crippen LogP contribution is 2.56. The summed E-state index contributed by atoms with van der Waals surface area (Å²) < 4.78 is 64.9. The van der Waals surface area contributed by atoms with Crippen molar-refractivity contribution in [3.8, 4) is 0 Å². The van der Waals surface area contributed by atoms with Crippen molar-refractivity contribution in [1.82, 2.24) is 4.90 Å². The lowest BCUT2D eigenvalue weighted by molar-refractivity contribution is -0.268. The second-order valence-corrected chi connectivity index (χ2v) is 25.4.